The molecule has 1 amide bonds. The molecule has 0 aliphatic rings. The summed E-state index contributed by atoms with van der Waals surface area (Å²) in [6.07, 6.45) is 1.60. The molecule has 0 aromatic heterocycles. The number of carbonyl (C=O) groups excluding carboxylic acids is 1. The number of carbonyl (C=O) groups is 1. The topological polar surface area (TPSA) is 58.6 Å². The molecule has 21 heavy (non-hydrogen) atoms. The van der Waals surface area contributed by atoms with Crippen LogP contribution in [-0.4, -0.2) is 30.8 Å². The van der Waals surface area contributed by atoms with Gasteiger partial charge in [-0.1, -0.05) is 25.4 Å². The molecule has 1 aromatic rings. The van der Waals surface area contributed by atoms with E-state index in [0.717, 1.165) is 18.4 Å². The Hall–Kier alpha value is -1.26. The minimum atomic E-state index is -0.151. The van der Waals surface area contributed by atoms with Crippen LogP contribution in [0.5, 0.6) is 5.75 Å². The first-order valence-corrected chi connectivity index (χ1v) is 7.48. The van der Waals surface area contributed by atoms with Gasteiger partial charge in [-0.05, 0) is 48.9 Å². The van der Waals surface area contributed by atoms with Gasteiger partial charge >= 0.3 is 0 Å². The zero-order chi connectivity index (χ0) is 15.9. The fourth-order valence-electron chi connectivity index (χ4n) is 1.95. The summed E-state index contributed by atoms with van der Waals surface area (Å²) in [6, 6.07) is 5.29. The van der Waals surface area contributed by atoms with Crippen LogP contribution < -0.4 is 10.1 Å². The van der Waals surface area contributed by atoms with Gasteiger partial charge in [-0.2, -0.15) is 0 Å². The van der Waals surface area contributed by atoms with Crippen LogP contribution in [0.3, 0.4) is 0 Å². The second-order valence-corrected chi connectivity index (χ2v) is 6.40. The molecule has 0 aliphatic carbocycles. The van der Waals surface area contributed by atoms with E-state index in [4.69, 9.17) is 21.4 Å². The molecule has 0 heterocycles. The summed E-state index contributed by atoms with van der Waals surface area (Å²) in [7, 11) is 0. The van der Waals surface area contributed by atoms with Crippen LogP contribution in [0.4, 0.5) is 0 Å². The zero-order valence-corrected chi connectivity index (χ0v) is 13.7. The molecule has 0 spiro atoms. The molecule has 4 nitrogen and oxygen atoms in total. The highest BCUT2D eigenvalue weighted by Gasteiger charge is 2.18. The van der Waals surface area contributed by atoms with Crippen molar-refractivity contribution in [2.45, 2.75) is 33.6 Å². The van der Waals surface area contributed by atoms with Crippen LogP contribution in [0.25, 0.3) is 0 Å². The standard InChI is InChI=1S/C16H24ClNO3/c1-12-9-13(17)5-6-14(12)21-10-15(20)18-11-16(2,3)7-4-8-19/h5-6,9,19H,4,7-8,10-11H2,1-3H3,(H,18,20). The third kappa shape index (κ3) is 6.82. The normalized spacial score (nSPS) is 11.3. The Morgan fingerprint density at radius 1 is 1.43 bits per heavy atom. The third-order valence-corrected chi connectivity index (χ3v) is 3.51. The lowest BCUT2D eigenvalue weighted by Gasteiger charge is -2.24. The Labute approximate surface area is 131 Å². The molecule has 0 bridgehead atoms. The summed E-state index contributed by atoms with van der Waals surface area (Å²) in [5, 5.41) is 12.4. The Balaban J connectivity index is 2.37. The van der Waals surface area contributed by atoms with Crippen molar-refractivity contribution < 1.29 is 14.6 Å². The lowest BCUT2D eigenvalue weighted by atomic mass is 9.88. The number of benzene rings is 1. The molecule has 0 unspecified atom stereocenters. The molecule has 0 radical (unpaired) electrons. The number of rotatable bonds is 8. The van der Waals surface area contributed by atoms with E-state index in [1.165, 1.54) is 0 Å². The summed E-state index contributed by atoms with van der Waals surface area (Å²) >= 11 is 5.87. The van der Waals surface area contributed by atoms with Crippen LogP contribution in [-0.2, 0) is 4.79 Å². The highest BCUT2D eigenvalue weighted by Crippen LogP contribution is 2.22. The van der Waals surface area contributed by atoms with Gasteiger partial charge in [0.25, 0.3) is 5.91 Å². The second-order valence-electron chi connectivity index (χ2n) is 5.97. The molecule has 0 atom stereocenters. The zero-order valence-electron chi connectivity index (χ0n) is 12.9. The monoisotopic (exact) mass is 313 g/mol. The van der Waals surface area contributed by atoms with Gasteiger partial charge in [0.15, 0.2) is 6.61 Å². The van der Waals surface area contributed by atoms with Crippen LogP contribution >= 0.6 is 11.6 Å². The van der Waals surface area contributed by atoms with Crippen LogP contribution in [0.1, 0.15) is 32.3 Å². The van der Waals surface area contributed by atoms with Crippen LogP contribution in [0.15, 0.2) is 18.2 Å². The minimum absolute atomic E-state index is 0.0153. The van der Waals surface area contributed by atoms with E-state index in [2.05, 4.69) is 19.2 Å². The molecular formula is C16H24ClNO3. The van der Waals surface area contributed by atoms with Crippen molar-refractivity contribution in [3.63, 3.8) is 0 Å². The van der Waals surface area contributed by atoms with Gasteiger partial charge in [0.2, 0.25) is 0 Å². The average molecular weight is 314 g/mol. The first-order valence-electron chi connectivity index (χ1n) is 7.10. The van der Waals surface area contributed by atoms with Gasteiger partial charge in [0, 0.05) is 18.2 Å². The summed E-state index contributed by atoms with van der Waals surface area (Å²) in [6.45, 7) is 6.74. The second kappa shape index (κ2) is 8.25. The molecular weight excluding hydrogens is 290 g/mol. The van der Waals surface area contributed by atoms with Crippen LogP contribution in [0.2, 0.25) is 5.02 Å². The number of aliphatic hydroxyl groups is 1. The highest BCUT2D eigenvalue weighted by atomic mass is 35.5. The number of nitrogens with one attached hydrogen (secondary N) is 1. The maximum atomic E-state index is 11.8. The van der Waals surface area contributed by atoms with Gasteiger partial charge < -0.3 is 15.2 Å². The number of aryl methyl sites for hydroxylation is 1. The molecule has 1 aromatic carbocycles. The van der Waals surface area contributed by atoms with Crippen molar-refractivity contribution in [3.05, 3.63) is 28.8 Å². The Kier molecular flexibility index (Phi) is 6.99. The molecule has 0 aliphatic heterocycles. The quantitative estimate of drug-likeness (QED) is 0.776. The summed E-state index contributed by atoms with van der Waals surface area (Å²) < 4.78 is 5.49. The average Bonchev–Trinajstić information content (AvgIpc) is 2.42. The molecule has 0 fully saturated rings. The molecule has 1 rings (SSSR count). The van der Waals surface area contributed by atoms with Crippen molar-refractivity contribution in [3.8, 4) is 5.75 Å². The first kappa shape index (κ1) is 17.8. The number of aliphatic hydroxyl groups excluding tert-OH is 1. The van der Waals surface area contributed by atoms with Crippen molar-refractivity contribution in [1.29, 1.82) is 0 Å². The number of halogens is 1. The third-order valence-electron chi connectivity index (χ3n) is 3.27. The molecule has 0 saturated carbocycles. The fourth-order valence-corrected chi connectivity index (χ4v) is 2.18. The molecule has 2 N–H and O–H groups in total. The minimum Gasteiger partial charge on any atom is -0.484 e. The van der Waals surface area contributed by atoms with Gasteiger partial charge in [-0.3, -0.25) is 4.79 Å². The van der Waals surface area contributed by atoms with E-state index in [1.54, 1.807) is 18.2 Å². The largest absolute Gasteiger partial charge is 0.484 e. The SMILES string of the molecule is Cc1cc(Cl)ccc1OCC(=O)NCC(C)(C)CCCO. The number of ether oxygens (including phenoxy) is 1. The molecule has 0 saturated heterocycles. The fraction of sp³-hybridized carbons (Fsp3) is 0.562. The molecule has 5 heteroatoms. The van der Waals surface area contributed by atoms with Gasteiger partial charge in [-0.25, -0.2) is 0 Å². The lowest BCUT2D eigenvalue weighted by Crippen LogP contribution is -2.36. The summed E-state index contributed by atoms with van der Waals surface area (Å²) in [4.78, 5) is 11.8. The Morgan fingerprint density at radius 3 is 2.76 bits per heavy atom. The van der Waals surface area contributed by atoms with Crippen LogP contribution in [0, 0.1) is 12.3 Å². The maximum absolute atomic E-state index is 11.8. The van der Waals surface area contributed by atoms with Gasteiger partial charge in [0.1, 0.15) is 5.75 Å². The van der Waals surface area contributed by atoms with E-state index >= 15 is 0 Å². The van der Waals surface area contributed by atoms with E-state index in [1.807, 2.05) is 6.92 Å². The predicted molar refractivity (Wildman–Crippen MR) is 84.8 cm³/mol. The van der Waals surface area contributed by atoms with Gasteiger partial charge in [-0.15, -0.1) is 0 Å². The van der Waals surface area contributed by atoms with E-state index in [9.17, 15) is 4.79 Å². The number of hydrogen-bond donors (Lipinski definition) is 2. The Morgan fingerprint density at radius 2 is 2.14 bits per heavy atom. The highest BCUT2D eigenvalue weighted by molar-refractivity contribution is 6.30. The van der Waals surface area contributed by atoms with Gasteiger partial charge in [0.05, 0.1) is 0 Å². The Bertz CT molecular complexity index is 475. The van der Waals surface area contributed by atoms with Crippen molar-refractivity contribution in [2.75, 3.05) is 19.8 Å². The molecule has 118 valence electrons. The smallest absolute Gasteiger partial charge is 0.257 e. The van der Waals surface area contributed by atoms with Crippen molar-refractivity contribution in [2.24, 2.45) is 5.41 Å². The summed E-state index contributed by atoms with van der Waals surface area (Å²) in [5.41, 5.74) is 0.868. The number of amides is 1. The van der Waals surface area contributed by atoms with Crippen molar-refractivity contribution >= 4 is 17.5 Å². The van der Waals surface area contributed by atoms with E-state index < -0.39 is 0 Å². The maximum Gasteiger partial charge on any atom is 0.257 e. The summed E-state index contributed by atoms with van der Waals surface area (Å²) in [5.74, 6) is 0.510. The first-order chi connectivity index (χ1) is 9.84. The van der Waals surface area contributed by atoms with E-state index in [0.29, 0.717) is 17.3 Å². The van der Waals surface area contributed by atoms with Crippen molar-refractivity contribution in [1.82, 2.24) is 5.32 Å². The predicted octanol–water partition coefficient (Wildman–Crippen LogP) is 2.94. The van der Waals surface area contributed by atoms with E-state index in [-0.39, 0.29) is 24.5 Å². The lowest BCUT2D eigenvalue weighted by molar-refractivity contribution is -0.123. The number of hydrogen-bond acceptors (Lipinski definition) is 3.